The molecule has 94 valence electrons. The Bertz CT molecular complexity index is 429. The number of nitrogens with one attached hydrogen (secondary N) is 1. The number of carbonyl (C=O) groups is 1. The van der Waals surface area contributed by atoms with E-state index in [1.54, 1.807) is 0 Å². The molecular formula is C11H18BrN4O+. The number of hydrogen-bond donors (Lipinski definition) is 3. The molecule has 2 bridgehead atoms. The van der Waals surface area contributed by atoms with Gasteiger partial charge in [-0.1, -0.05) is 29.8 Å². The van der Waals surface area contributed by atoms with E-state index in [0.717, 1.165) is 18.2 Å². The van der Waals surface area contributed by atoms with Crippen LogP contribution in [0.3, 0.4) is 0 Å². The third-order valence-electron chi connectivity index (χ3n) is 4.61. The minimum Gasteiger partial charge on any atom is -0.292 e. The maximum atomic E-state index is 12.4. The Balaban J connectivity index is 2.46. The lowest BCUT2D eigenvalue weighted by atomic mass is 9.70. The summed E-state index contributed by atoms with van der Waals surface area (Å²) in [5.74, 6) is 0.328. The molecule has 0 radical (unpaired) electrons. The van der Waals surface area contributed by atoms with Crippen molar-refractivity contribution < 1.29 is 9.90 Å². The first-order chi connectivity index (χ1) is 7.87. The second-order valence-electron chi connectivity index (χ2n) is 5.37. The number of alkyl halides is 1. The van der Waals surface area contributed by atoms with Gasteiger partial charge in [0.25, 0.3) is 0 Å². The summed E-state index contributed by atoms with van der Waals surface area (Å²) in [6.07, 6.45) is 1.93. The highest BCUT2D eigenvalue weighted by Gasteiger charge is 2.67. The van der Waals surface area contributed by atoms with Crippen LogP contribution in [0.25, 0.3) is 0 Å². The van der Waals surface area contributed by atoms with Crippen LogP contribution in [-0.2, 0) is 4.79 Å². The lowest BCUT2D eigenvalue weighted by molar-refractivity contribution is -0.464. The normalized spacial score (nSPS) is 42.2. The summed E-state index contributed by atoms with van der Waals surface area (Å²) in [6, 6.07) is 0. The van der Waals surface area contributed by atoms with Gasteiger partial charge in [-0.15, -0.1) is 5.10 Å². The minimum atomic E-state index is -0.314. The van der Waals surface area contributed by atoms with E-state index in [4.69, 9.17) is 11.5 Å². The number of nitrogens with zero attached hydrogens (tertiary/aromatic N) is 1. The Morgan fingerprint density at radius 2 is 2.24 bits per heavy atom. The zero-order valence-electron chi connectivity index (χ0n) is 10.1. The van der Waals surface area contributed by atoms with Crippen LogP contribution in [0, 0.1) is 16.7 Å². The second-order valence-corrected chi connectivity index (χ2v) is 5.93. The lowest BCUT2D eigenvalue weighted by Crippen LogP contribution is -2.73. The van der Waals surface area contributed by atoms with E-state index < -0.39 is 0 Å². The molecule has 0 aliphatic heterocycles. The summed E-state index contributed by atoms with van der Waals surface area (Å²) in [5, 5.41) is 7.39. The van der Waals surface area contributed by atoms with Gasteiger partial charge >= 0.3 is 5.96 Å². The molecular weight excluding hydrogens is 284 g/mol. The number of rotatable bonds is 2. The van der Waals surface area contributed by atoms with Crippen molar-refractivity contribution in [2.24, 2.45) is 33.3 Å². The average molecular weight is 302 g/mol. The van der Waals surface area contributed by atoms with Crippen LogP contribution in [0.1, 0.15) is 26.7 Å². The summed E-state index contributed by atoms with van der Waals surface area (Å²) in [6.45, 7) is 4.18. The average Bonchev–Trinajstić information content (AvgIpc) is 2.62. The predicted molar refractivity (Wildman–Crippen MR) is 69.5 cm³/mol. The molecule has 6 heteroatoms. The Morgan fingerprint density at radius 3 is 2.71 bits per heavy atom. The van der Waals surface area contributed by atoms with Crippen molar-refractivity contribution in [2.75, 3.05) is 5.33 Å². The Morgan fingerprint density at radius 1 is 1.59 bits per heavy atom. The smallest absolute Gasteiger partial charge is 0.292 e. The highest BCUT2D eigenvalue weighted by atomic mass is 79.9. The number of hydrazone groups is 1. The van der Waals surface area contributed by atoms with E-state index in [-0.39, 0.29) is 28.5 Å². The first kappa shape index (κ1) is 12.5. The molecule has 2 aliphatic rings. The maximum absolute atomic E-state index is 12.4. The molecule has 2 fully saturated rings. The summed E-state index contributed by atoms with van der Waals surface area (Å²) in [4.78, 5) is 12.4. The quantitative estimate of drug-likeness (QED) is 0.267. The standard InChI is InChI=1S/C11H17BrN4O/c1-10-4-3-6(11(10,2)5-12)7(8(10)17)15-16-9(13)14/h6H,3-5H2,1-2H3,(H4,13,14,16)/p+1/b15-7+/t6-,10+,11+/m0/s1. The van der Waals surface area contributed by atoms with Crippen molar-refractivity contribution in [2.45, 2.75) is 26.7 Å². The number of ketones is 1. The Kier molecular flexibility index (Phi) is 2.80. The fraction of sp³-hybridized carbons (Fsp3) is 0.727. The van der Waals surface area contributed by atoms with Crippen LogP contribution in [0.4, 0.5) is 0 Å². The van der Waals surface area contributed by atoms with Gasteiger partial charge < -0.3 is 0 Å². The van der Waals surface area contributed by atoms with E-state index in [9.17, 15) is 4.79 Å². The monoisotopic (exact) mass is 301 g/mol. The van der Waals surface area contributed by atoms with Gasteiger partial charge in [0.1, 0.15) is 5.71 Å². The molecule has 2 rings (SSSR count). The molecule has 0 heterocycles. The van der Waals surface area contributed by atoms with Crippen LogP contribution in [-0.4, -0.2) is 22.8 Å². The van der Waals surface area contributed by atoms with Crippen molar-refractivity contribution in [3.05, 3.63) is 0 Å². The number of fused-ring (bicyclic) bond motifs is 2. The zero-order valence-corrected chi connectivity index (χ0v) is 11.7. The fourth-order valence-electron chi connectivity index (χ4n) is 3.17. The molecule has 2 saturated carbocycles. The molecule has 0 aromatic heterocycles. The summed E-state index contributed by atoms with van der Waals surface area (Å²) in [5.41, 5.74) is 10.8. The SMILES string of the molecule is C[C@@]12CC[C@@H](/C(=N\[NH+]=C(N)N)C1=O)[C@@]2(C)CBr. The predicted octanol–water partition coefficient (Wildman–Crippen LogP) is -0.903. The van der Waals surface area contributed by atoms with Crippen LogP contribution in [0.2, 0.25) is 0 Å². The van der Waals surface area contributed by atoms with Crippen molar-refractivity contribution >= 4 is 33.4 Å². The second kappa shape index (κ2) is 3.80. The highest BCUT2D eigenvalue weighted by molar-refractivity contribution is 9.09. The number of carbonyl (C=O) groups excluding carboxylic acids is 1. The van der Waals surface area contributed by atoms with Gasteiger partial charge in [-0.05, 0) is 18.3 Å². The fourth-order valence-corrected chi connectivity index (χ4v) is 4.18. The van der Waals surface area contributed by atoms with Crippen molar-refractivity contribution in [1.82, 2.24) is 0 Å². The maximum Gasteiger partial charge on any atom is 0.362 e. The third-order valence-corrected chi connectivity index (χ3v) is 5.77. The third kappa shape index (κ3) is 1.46. The van der Waals surface area contributed by atoms with Crippen LogP contribution in [0.15, 0.2) is 5.10 Å². The molecule has 3 atom stereocenters. The molecule has 5 N–H and O–H groups in total. The molecule has 0 spiro atoms. The van der Waals surface area contributed by atoms with E-state index >= 15 is 0 Å². The number of hydrogen-bond acceptors (Lipinski definition) is 2. The van der Waals surface area contributed by atoms with Gasteiger partial charge in [-0.2, -0.15) is 5.10 Å². The van der Waals surface area contributed by atoms with Gasteiger partial charge in [-0.3, -0.25) is 16.3 Å². The van der Waals surface area contributed by atoms with E-state index in [1.165, 1.54) is 0 Å². The molecule has 17 heavy (non-hydrogen) atoms. The molecule has 0 unspecified atom stereocenters. The number of Topliss-reactive ketones (excluding diaryl/α,β-unsaturated/α-hetero) is 1. The van der Waals surface area contributed by atoms with Gasteiger partial charge in [0.15, 0.2) is 5.78 Å². The van der Waals surface area contributed by atoms with Crippen LogP contribution < -0.4 is 16.6 Å². The number of halogens is 1. The summed E-state index contributed by atoms with van der Waals surface area (Å²) in [7, 11) is 0. The van der Waals surface area contributed by atoms with Crippen molar-refractivity contribution in [3.8, 4) is 0 Å². The molecule has 0 aromatic rings. The summed E-state index contributed by atoms with van der Waals surface area (Å²) >= 11 is 3.54. The molecule has 5 nitrogen and oxygen atoms in total. The van der Waals surface area contributed by atoms with Crippen molar-refractivity contribution in [1.29, 1.82) is 0 Å². The first-order valence-corrected chi connectivity index (χ1v) is 6.81. The van der Waals surface area contributed by atoms with Crippen molar-refractivity contribution in [3.63, 3.8) is 0 Å². The van der Waals surface area contributed by atoms with E-state index in [1.807, 2.05) is 6.92 Å². The van der Waals surface area contributed by atoms with Crippen LogP contribution in [0.5, 0.6) is 0 Å². The largest absolute Gasteiger partial charge is 0.362 e. The molecule has 2 aliphatic carbocycles. The van der Waals surface area contributed by atoms with Gasteiger partial charge in [0, 0.05) is 16.7 Å². The molecule has 0 amide bonds. The first-order valence-electron chi connectivity index (χ1n) is 5.69. The minimum absolute atomic E-state index is 0.0128. The number of nitrogens with two attached hydrogens (primary N) is 2. The van der Waals surface area contributed by atoms with Gasteiger partial charge in [0.05, 0.1) is 0 Å². The van der Waals surface area contributed by atoms with E-state index in [0.29, 0.717) is 5.71 Å². The molecule has 0 aromatic carbocycles. The highest BCUT2D eigenvalue weighted by Crippen LogP contribution is 2.63. The molecule has 0 saturated heterocycles. The zero-order chi connectivity index (χ0) is 12.8. The topological polar surface area (TPSA) is 95.4 Å². The van der Waals surface area contributed by atoms with Gasteiger partial charge in [-0.25, -0.2) is 0 Å². The van der Waals surface area contributed by atoms with E-state index in [2.05, 4.69) is 33.1 Å². The number of guanidine groups is 1. The summed E-state index contributed by atoms with van der Waals surface area (Å²) < 4.78 is 0. The van der Waals surface area contributed by atoms with Gasteiger partial charge in [0.2, 0.25) is 0 Å². The Hall–Kier alpha value is -0.910. The Labute approximate surface area is 109 Å². The van der Waals surface area contributed by atoms with Crippen LogP contribution >= 0.6 is 15.9 Å². The lowest BCUT2D eigenvalue weighted by Gasteiger charge is -2.33.